The van der Waals surface area contributed by atoms with Crippen molar-refractivity contribution in [2.75, 3.05) is 23.3 Å². The Balaban J connectivity index is 1.95. The fourth-order valence-corrected chi connectivity index (χ4v) is 4.69. The number of anilines is 2. The van der Waals surface area contributed by atoms with Gasteiger partial charge < -0.3 is 10.1 Å². The Kier molecular flexibility index (Phi) is 7.09. The number of amides is 1. The number of rotatable bonds is 7. The van der Waals surface area contributed by atoms with Crippen LogP contribution in [0.4, 0.5) is 11.4 Å². The number of benzene rings is 3. The van der Waals surface area contributed by atoms with E-state index in [1.54, 1.807) is 60.7 Å². The summed E-state index contributed by atoms with van der Waals surface area (Å²) in [6.07, 6.45) is 0. The number of esters is 1. The maximum absolute atomic E-state index is 13.3. The van der Waals surface area contributed by atoms with Crippen LogP contribution >= 0.6 is 15.9 Å². The quantitative estimate of drug-likeness (QED) is 0.491. The topological polar surface area (TPSA) is 92.8 Å². The fraction of sp³-hybridized carbons (Fsp3) is 0.0909. The molecule has 31 heavy (non-hydrogen) atoms. The van der Waals surface area contributed by atoms with E-state index in [4.69, 9.17) is 4.74 Å². The molecule has 1 N–H and O–H groups in total. The summed E-state index contributed by atoms with van der Waals surface area (Å²) in [6, 6.07) is 20.8. The van der Waals surface area contributed by atoms with E-state index in [9.17, 15) is 18.0 Å². The molecule has 0 fully saturated rings. The second-order valence-electron chi connectivity index (χ2n) is 6.39. The zero-order valence-electron chi connectivity index (χ0n) is 16.5. The zero-order valence-corrected chi connectivity index (χ0v) is 18.9. The summed E-state index contributed by atoms with van der Waals surface area (Å²) >= 11 is 3.33. The minimum absolute atomic E-state index is 0.0535. The van der Waals surface area contributed by atoms with Crippen LogP contribution in [0.5, 0.6) is 0 Å². The van der Waals surface area contributed by atoms with Crippen molar-refractivity contribution in [1.82, 2.24) is 0 Å². The van der Waals surface area contributed by atoms with Gasteiger partial charge in [-0.25, -0.2) is 13.2 Å². The smallest absolute Gasteiger partial charge is 0.339 e. The molecule has 0 heterocycles. The lowest BCUT2D eigenvalue weighted by Crippen LogP contribution is -2.38. The van der Waals surface area contributed by atoms with E-state index in [0.29, 0.717) is 10.2 Å². The number of halogens is 1. The molecule has 0 unspecified atom stereocenters. The predicted octanol–water partition coefficient (Wildman–Crippen LogP) is 4.07. The summed E-state index contributed by atoms with van der Waals surface area (Å²) < 4.78 is 33.0. The SMILES string of the molecule is COC(=O)c1ccccc1NC(=O)CN(c1cccc(Br)c1)S(=O)(=O)c1ccccc1. The van der Waals surface area contributed by atoms with Crippen LogP contribution in [0.1, 0.15) is 10.4 Å². The van der Waals surface area contributed by atoms with E-state index in [2.05, 4.69) is 21.2 Å². The van der Waals surface area contributed by atoms with Crippen molar-refractivity contribution in [1.29, 1.82) is 0 Å². The molecule has 7 nitrogen and oxygen atoms in total. The van der Waals surface area contributed by atoms with Crippen molar-refractivity contribution in [2.24, 2.45) is 0 Å². The Morgan fingerprint density at radius 2 is 1.65 bits per heavy atom. The number of sulfonamides is 1. The number of methoxy groups -OCH3 is 1. The van der Waals surface area contributed by atoms with Gasteiger partial charge in [-0.2, -0.15) is 0 Å². The van der Waals surface area contributed by atoms with Gasteiger partial charge in [0.1, 0.15) is 6.54 Å². The highest BCUT2D eigenvalue weighted by atomic mass is 79.9. The van der Waals surface area contributed by atoms with Crippen LogP contribution in [0.2, 0.25) is 0 Å². The molecule has 0 saturated heterocycles. The van der Waals surface area contributed by atoms with Crippen molar-refractivity contribution in [3.8, 4) is 0 Å². The van der Waals surface area contributed by atoms with Gasteiger partial charge in [0.25, 0.3) is 10.0 Å². The lowest BCUT2D eigenvalue weighted by atomic mass is 10.2. The monoisotopic (exact) mass is 502 g/mol. The Morgan fingerprint density at radius 1 is 0.968 bits per heavy atom. The van der Waals surface area contributed by atoms with Gasteiger partial charge in [0, 0.05) is 4.47 Å². The molecule has 0 aliphatic carbocycles. The van der Waals surface area contributed by atoms with E-state index < -0.39 is 28.4 Å². The first-order chi connectivity index (χ1) is 14.8. The standard InChI is InChI=1S/C22H19BrN2O5S/c1-30-22(27)19-12-5-6-13-20(19)24-21(26)15-25(17-9-7-8-16(23)14-17)31(28,29)18-10-3-2-4-11-18/h2-14H,15H2,1H3,(H,24,26). The molecule has 0 aromatic heterocycles. The second-order valence-corrected chi connectivity index (χ2v) is 9.17. The Hall–Kier alpha value is -3.17. The average molecular weight is 503 g/mol. The Bertz CT molecular complexity index is 1200. The van der Waals surface area contributed by atoms with Crippen LogP contribution < -0.4 is 9.62 Å². The molecule has 3 aromatic rings. The fourth-order valence-electron chi connectivity index (χ4n) is 2.87. The number of para-hydroxylation sites is 1. The molecule has 9 heteroatoms. The van der Waals surface area contributed by atoms with Crippen molar-refractivity contribution in [3.05, 3.63) is 88.9 Å². The number of hydrogen-bond acceptors (Lipinski definition) is 5. The van der Waals surface area contributed by atoms with Crippen molar-refractivity contribution in [2.45, 2.75) is 4.90 Å². The number of nitrogens with one attached hydrogen (secondary N) is 1. The highest BCUT2D eigenvalue weighted by Gasteiger charge is 2.27. The van der Waals surface area contributed by atoms with Crippen molar-refractivity contribution >= 4 is 49.2 Å². The van der Waals surface area contributed by atoms with Gasteiger partial charge >= 0.3 is 5.97 Å². The van der Waals surface area contributed by atoms with E-state index in [0.717, 1.165) is 4.31 Å². The normalized spacial score (nSPS) is 10.9. The summed E-state index contributed by atoms with van der Waals surface area (Å²) in [5, 5.41) is 2.61. The lowest BCUT2D eigenvalue weighted by Gasteiger charge is -2.24. The van der Waals surface area contributed by atoms with E-state index >= 15 is 0 Å². The molecule has 0 atom stereocenters. The summed E-state index contributed by atoms with van der Waals surface area (Å²) in [6.45, 7) is -0.497. The molecule has 0 aliphatic rings. The molecule has 0 saturated carbocycles. The molecular formula is C22H19BrN2O5S. The Morgan fingerprint density at radius 3 is 2.32 bits per heavy atom. The summed E-state index contributed by atoms with van der Waals surface area (Å²) in [4.78, 5) is 24.9. The van der Waals surface area contributed by atoms with E-state index in [1.165, 1.54) is 25.3 Å². The third-order valence-corrected chi connectivity index (χ3v) is 6.60. The van der Waals surface area contributed by atoms with Gasteiger partial charge in [0.05, 0.1) is 28.9 Å². The lowest BCUT2D eigenvalue weighted by molar-refractivity contribution is -0.114. The predicted molar refractivity (Wildman–Crippen MR) is 122 cm³/mol. The summed E-state index contributed by atoms with van der Waals surface area (Å²) in [7, 11) is -2.79. The van der Waals surface area contributed by atoms with Crippen LogP contribution in [-0.4, -0.2) is 33.9 Å². The highest BCUT2D eigenvalue weighted by molar-refractivity contribution is 9.10. The minimum Gasteiger partial charge on any atom is -0.465 e. The first-order valence-electron chi connectivity index (χ1n) is 9.13. The molecule has 0 bridgehead atoms. The van der Waals surface area contributed by atoms with Crippen LogP contribution in [0.15, 0.2) is 88.2 Å². The third-order valence-electron chi connectivity index (χ3n) is 4.32. The maximum atomic E-state index is 13.3. The molecule has 1 amide bonds. The molecule has 0 aliphatic heterocycles. The molecule has 3 rings (SSSR count). The third kappa shape index (κ3) is 5.31. The van der Waals surface area contributed by atoms with Gasteiger partial charge in [-0.15, -0.1) is 0 Å². The number of ether oxygens (including phenoxy) is 1. The number of nitrogens with zero attached hydrogens (tertiary/aromatic N) is 1. The van der Waals surface area contributed by atoms with Crippen LogP contribution in [0.25, 0.3) is 0 Å². The largest absolute Gasteiger partial charge is 0.465 e. The minimum atomic E-state index is -4.03. The van der Waals surface area contributed by atoms with Gasteiger partial charge in [-0.1, -0.05) is 52.3 Å². The number of hydrogen-bond donors (Lipinski definition) is 1. The first-order valence-corrected chi connectivity index (χ1v) is 11.4. The second kappa shape index (κ2) is 9.76. The summed E-state index contributed by atoms with van der Waals surface area (Å²) in [5.74, 6) is -1.23. The Labute approximate surface area is 188 Å². The van der Waals surface area contributed by atoms with Crippen LogP contribution in [0, 0.1) is 0 Å². The first kappa shape index (κ1) is 22.5. The van der Waals surface area contributed by atoms with Crippen LogP contribution in [-0.2, 0) is 19.6 Å². The van der Waals surface area contributed by atoms with Crippen LogP contribution in [0.3, 0.4) is 0 Å². The molecule has 160 valence electrons. The zero-order chi connectivity index (χ0) is 22.4. The maximum Gasteiger partial charge on any atom is 0.339 e. The highest BCUT2D eigenvalue weighted by Crippen LogP contribution is 2.26. The van der Waals surface area contributed by atoms with Crippen molar-refractivity contribution in [3.63, 3.8) is 0 Å². The van der Waals surface area contributed by atoms with E-state index in [-0.39, 0.29) is 16.1 Å². The summed E-state index contributed by atoms with van der Waals surface area (Å²) in [5.41, 5.74) is 0.707. The van der Waals surface area contributed by atoms with E-state index in [1.807, 2.05) is 0 Å². The van der Waals surface area contributed by atoms with Gasteiger partial charge in [0.15, 0.2) is 0 Å². The van der Waals surface area contributed by atoms with Gasteiger partial charge in [0.2, 0.25) is 5.91 Å². The molecule has 0 radical (unpaired) electrons. The number of carbonyl (C=O) groups excluding carboxylic acids is 2. The molecule has 3 aromatic carbocycles. The van der Waals surface area contributed by atoms with Gasteiger partial charge in [-0.05, 0) is 42.5 Å². The molecule has 0 spiro atoms. The number of carbonyl (C=O) groups is 2. The molecular weight excluding hydrogens is 484 g/mol. The van der Waals surface area contributed by atoms with Gasteiger partial charge in [-0.3, -0.25) is 9.10 Å². The average Bonchev–Trinajstić information content (AvgIpc) is 2.78. The van der Waals surface area contributed by atoms with Crippen molar-refractivity contribution < 1.29 is 22.7 Å².